The third kappa shape index (κ3) is 3.99. The van der Waals surface area contributed by atoms with E-state index >= 15 is 0 Å². The van der Waals surface area contributed by atoms with Crippen LogP contribution in [0.25, 0.3) is 0 Å². The van der Waals surface area contributed by atoms with E-state index in [2.05, 4.69) is 19.2 Å². The molecule has 1 aliphatic carbocycles. The monoisotopic (exact) mass is 199 g/mol. The molecule has 1 amide bonds. The molecule has 0 heterocycles. The number of rotatable bonds is 4. The van der Waals surface area contributed by atoms with Crippen LogP contribution in [-0.2, 0) is 4.74 Å². The standard InChI is InChI=1S/C11H21NO2/c1-8(2)7-9(3)12-11(13)14-10-5-4-6-10/h8-10H,4-7H2,1-3H3,(H,12,13). The highest BCUT2D eigenvalue weighted by molar-refractivity contribution is 5.67. The second-order valence-electron chi connectivity index (χ2n) is 4.63. The van der Waals surface area contributed by atoms with Gasteiger partial charge in [-0.25, -0.2) is 4.79 Å². The topological polar surface area (TPSA) is 38.3 Å². The Balaban J connectivity index is 2.11. The zero-order valence-corrected chi connectivity index (χ0v) is 9.38. The maximum absolute atomic E-state index is 11.3. The van der Waals surface area contributed by atoms with Gasteiger partial charge >= 0.3 is 6.09 Å². The van der Waals surface area contributed by atoms with Gasteiger partial charge in [0.25, 0.3) is 0 Å². The van der Waals surface area contributed by atoms with E-state index in [1.807, 2.05) is 6.92 Å². The molecule has 0 saturated heterocycles. The Labute approximate surface area is 86.2 Å². The quantitative estimate of drug-likeness (QED) is 0.756. The Morgan fingerprint density at radius 3 is 2.50 bits per heavy atom. The molecule has 0 aromatic heterocycles. The van der Waals surface area contributed by atoms with Crippen LogP contribution in [0.5, 0.6) is 0 Å². The van der Waals surface area contributed by atoms with E-state index in [0.29, 0.717) is 5.92 Å². The molecular weight excluding hydrogens is 178 g/mol. The maximum Gasteiger partial charge on any atom is 0.407 e. The largest absolute Gasteiger partial charge is 0.446 e. The highest BCUT2D eigenvalue weighted by Crippen LogP contribution is 2.21. The van der Waals surface area contributed by atoms with E-state index in [1.54, 1.807) is 0 Å². The molecule has 1 atom stereocenters. The van der Waals surface area contributed by atoms with E-state index in [4.69, 9.17) is 4.74 Å². The lowest BCUT2D eigenvalue weighted by Crippen LogP contribution is -2.37. The van der Waals surface area contributed by atoms with Crippen molar-refractivity contribution in [3.63, 3.8) is 0 Å². The summed E-state index contributed by atoms with van der Waals surface area (Å²) in [5.74, 6) is 0.606. The van der Waals surface area contributed by atoms with Crippen LogP contribution in [-0.4, -0.2) is 18.2 Å². The lowest BCUT2D eigenvalue weighted by Gasteiger charge is -2.26. The minimum atomic E-state index is -0.247. The van der Waals surface area contributed by atoms with Crippen molar-refractivity contribution in [2.45, 2.75) is 58.6 Å². The molecule has 3 nitrogen and oxygen atoms in total. The number of nitrogens with one attached hydrogen (secondary N) is 1. The first-order valence-corrected chi connectivity index (χ1v) is 5.55. The Bertz CT molecular complexity index is 188. The van der Waals surface area contributed by atoms with E-state index in [9.17, 15) is 4.79 Å². The molecule has 0 aliphatic heterocycles. The van der Waals surface area contributed by atoms with Crippen LogP contribution >= 0.6 is 0 Å². The number of hydrogen-bond donors (Lipinski definition) is 1. The third-order valence-electron chi connectivity index (χ3n) is 2.52. The minimum absolute atomic E-state index is 0.182. The van der Waals surface area contributed by atoms with Gasteiger partial charge in [-0.3, -0.25) is 0 Å². The smallest absolute Gasteiger partial charge is 0.407 e. The van der Waals surface area contributed by atoms with Gasteiger partial charge in [0.15, 0.2) is 0 Å². The van der Waals surface area contributed by atoms with E-state index < -0.39 is 0 Å². The normalized spacial score (nSPS) is 18.9. The first-order valence-electron chi connectivity index (χ1n) is 5.55. The van der Waals surface area contributed by atoms with Gasteiger partial charge in [0.1, 0.15) is 6.10 Å². The number of amides is 1. The summed E-state index contributed by atoms with van der Waals surface area (Å²) in [7, 11) is 0. The molecule has 1 rings (SSSR count). The Hall–Kier alpha value is -0.730. The molecule has 14 heavy (non-hydrogen) atoms. The van der Waals surface area contributed by atoms with Crippen molar-refractivity contribution in [1.82, 2.24) is 5.32 Å². The van der Waals surface area contributed by atoms with Crippen molar-refractivity contribution < 1.29 is 9.53 Å². The van der Waals surface area contributed by atoms with E-state index in [0.717, 1.165) is 19.3 Å². The zero-order valence-electron chi connectivity index (χ0n) is 9.38. The highest BCUT2D eigenvalue weighted by Gasteiger charge is 2.22. The number of alkyl carbamates (subject to hydrolysis) is 1. The van der Waals surface area contributed by atoms with Gasteiger partial charge in [0.05, 0.1) is 0 Å². The summed E-state index contributed by atoms with van der Waals surface area (Å²) in [6.07, 6.45) is 4.20. The molecule has 3 heteroatoms. The Kier molecular flexibility index (Phi) is 4.23. The van der Waals surface area contributed by atoms with Crippen LogP contribution in [0.1, 0.15) is 46.5 Å². The van der Waals surface area contributed by atoms with Crippen molar-refractivity contribution in [2.24, 2.45) is 5.92 Å². The van der Waals surface area contributed by atoms with Gasteiger partial charge in [0, 0.05) is 6.04 Å². The van der Waals surface area contributed by atoms with Crippen molar-refractivity contribution in [2.75, 3.05) is 0 Å². The fraction of sp³-hybridized carbons (Fsp3) is 0.909. The van der Waals surface area contributed by atoms with Gasteiger partial charge < -0.3 is 10.1 Å². The van der Waals surface area contributed by atoms with Crippen LogP contribution in [0.3, 0.4) is 0 Å². The predicted molar refractivity (Wildman–Crippen MR) is 56.2 cm³/mol. The average molecular weight is 199 g/mol. The summed E-state index contributed by atoms with van der Waals surface area (Å²) in [6, 6.07) is 0.211. The lowest BCUT2D eigenvalue weighted by molar-refractivity contribution is 0.0503. The zero-order chi connectivity index (χ0) is 10.6. The predicted octanol–water partition coefficient (Wildman–Crippen LogP) is 2.70. The number of ether oxygens (including phenoxy) is 1. The highest BCUT2D eigenvalue weighted by atomic mass is 16.6. The lowest BCUT2D eigenvalue weighted by atomic mass is 9.96. The summed E-state index contributed by atoms with van der Waals surface area (Å²) in [6.45, 7) is 6.31. The minimum Gasteiger partial charge on any atom is -0.446 e. The van der Waals surface area contributed by atoms with Crippen molar-refractivity contribution in [3.05, 3.63) is 0 Å². The SMILES string of the molecule is CC(C)CC(C)NC(=O)OC1CCC1. The summed E-state index contributed by atoms with van der Waals surface area (Å²) in [4.78, 5) is 11.3. The molecule has 0 bridgehead atoms. The summed E-state index contributed by atoms with van der Waals surface area (Å²) in [5.41, 5.74) is 0. The molecule has 1 unspecified atom stereocenters. The first kappa shape index (κ1) is 11.3. The Morgan fingerprint density at radius 1 is 1.43 bits per heavy atom. The van der Waals surface area contributed by atoms with Crippen molar-refractivity contribution in [1.29, 1.82) is 0 Å². The van der Waals surface area contributed by atoms with Crippen LogP contribution in [0.15, 0.2) is 0 Å². The number of carbonyl (C=O) groups is 1. The second kappa shape index (κ2) is 5.23. The molecule has 1 N–H and O–H groups in total. The van der Waals surface area contributed by atoms with Gasteiger partial charge in [-0.05, 0) is 38.5 Å². The number of hydrogen-bond acceptors (Lipinski definition) is 2. The number of carbonyl (C=O) groups excluding carboxylic acids is 1. The van der Waals surface area contributed by atoms with Crippen LogP contribution in [0, 0.1) is 5.92 Å². The second-order valence-corrected chi connectivity index (χ2v) is 4.63. The average Bonchev–Trinajstić information content (AvgIpc) is 1.94. The maximum atomic E-state index is 11.3. The third-order valence-corrected chi connectivity index (χ3v) is 2.52. The van der Waals surface area contributed by atoms with E-state index in [-0.39, 0.29) is 18.2 Å². The summed E-state index contributed by atoms with van der Waals surface area (Å²) >= 11 is 0. The van der Waals surface area contributed by atoms with E-state index in [1.165, 1.54) is 6.42 Å². The molecule has 82 valence electrons. The van der Waals surface area contributed by atoms with Gasteiger partial charge in [-0.2, -0.15) is 0 Å². The van der Waals surface area contributed by atoms with Gasteiger partial charge in [-0.1, -0.05) is 13.8 Å². The van der Waals surface area contributed by atoms with Crippen LogP contribution < -0.4 is 5.32 Å². The fourth-order valence-corrected chi connectivity index (χ4v) is 1.64. The molecule has 1 saturated carbocycles. The molecule has 1 aliphatic rings. The first-order chi connectivity index (χ1) is 6.58. The van der Waals surface area contributed by atoms with Crippen molar-refractivity contribution in [3.8, 4) is 0 Å². The van der Waals surface area contributed by atoms with Gasteiger partial charge in [-0.15, -0.1) is 0 Å². The van der Waals surface area contributed by atoms with Crippen LogP contribution in [0.2, 0.25) is 0 Å². The molecular formula is C11H21NO2. The molecule has 0 spiro atoms. The molecule has 0 aromatic carbocycles. The fourth-order valence-electron chi connectivity index (χ4n) is 1.64. The molecule has 1 fully saturated rings. The summed E-state index contributed by atoms with van der Waals surface area (Å²) < 4.78 is 5.19. The summed E-state index contributed by atoms with van der Waals surface area (Å²) in [5, 5.41) is 2.85. The Morgan fingerprint density at radius 2 is 2.07 bits per heavy atom. The molecule has 0 radical (unpaired) electrons. The van der Waals surface area contributed by atoms with Crippen LogP contribution in [0.4, 0.5) is 4.79 Å². The molecule has 0 aromatic rings. The van der Waals surface area contributed by atoms with Gasteiger partial charge in [0.2, 0.25) is 0 Å². The van der Waals surface area contributed by atoms with Crippen molar-refractivity contribution >= 4 is 6.09 Å².